The second kappa shape index (κ2) is 9.51. The molecule has 0 spiro atoms. The van der Waals surface area contributed by atoms with Crippen molar-refractivity contribution in [3.05, 3.63) is 76.2 Å². The van der Waals surface area contributed by atoms with Gasteiger partial charge in [0.15, 0.2) is 17.2 Å². The minimum atomic E-state index is -0.504. The Labute approximate surface area is 173 Å². The van der Waals surface area contributed by atoms with E-state index < -0.39 is 11.3 Å². The van der Waals surface area contributed by atoms with Crippen molar-refractivity contribution in [1.82, 2.24) is 4.98 Å². The van der Waals surface area contributed by atoms with Crippen LogP contribution in [0.25, 0.3) is 0 Å². The zero-order chi connectivity index (χ0) is 21.5. The van der Waals surface area contributed by atoms with Crippen LogP contribution in [0, 0.1) is 0 Å². The van der Waals surface area contributed by atoms with Crippen molar-refractivity contribution >= 4 is 11.6 Å². The van der Waals surface area contributed by atoms with Crippen molar-refractivity contribution in [2.24, 2.45) is 0 Å². The molecule has 0 aliphatic heterocycles. The second-order valence-corrected chi connectivity index (χ2v) is 6.22. The summed E-state index contributed by atoms with van der Waals surface area (Å²) in [6.45, 7) is 0.251. The molecular formula is C22H22N2O6. The first-order valence-electron chi connectivity index (χ1n) is 9.06. The lowest BCUT2D eigenvalue weighted by atomic mass is 10.2. The Bertz CT molecular complexity index is 1050. The first kappa shape index (κ1) is 20.8. The Hall–Kier alpha value is -3.94. The molecule has 2 aromatic carbocycles. The van der Waals surface area contributed by atoms with E-state index >= 15 is 0 Å². The normalized spacial score (nSPS) is 10.2. The van der Waals surface area contributed by atoms with Crippen LogP contribution in [0.3, 0.4) is 0 Å². The smallest absolute Gasteiger partial charge is 0.272 e. The molecule has 0 fully saturated rings. The molecule has 0 saturated carbocycles. The van der Waals surface area contributed by atoms with E-state index in [0.29, 0.717) is 22.9 Å². The predicted octanol–water partition coefficient (Wildman–Crippen LogP) is 3.23. The number of nitrogens with one attached hydrogen (secondary N) is 2. The minimum absolute atomic E-state index is 0.0841. The van der Waals surface area contributed by atoms with E-state index in [2.05, 4.69) is 10.3 Å². The highest BCUT2D eigenvalue weighted by Crippen LogP contribution is 2.39. The molecule has 1 heterocycles. The standard InChI is InChI=1S/C22H22N2O6/c1-27-18-9-15(10-19(28-2)21(18)29-3)24-22(26)16-11-17(25)20(12-23-16)30-13-14-7-5-4-6-8-14/h4-12H,13H2,1-3H3,(H,23,25)(H,24,26). The molecule has 0 aliphatic carbocycles. The van der Waals surface area contributed by atoms with E-state index in [0.717, 1.165) is 5.56 Å². The number of benzene rings is 2. The van der Waals surface area contributed by atoms with Crippen molar-refractivity contribution in [3.63, 3.8) is 0 Å². The van der Waals surface area contributed by atoms with E-state index in [9.17, 15) is 9.59 Å². The molecule has 8 heteroatoms. The molecule has 0 atom stereocenters. The Balaban J connectivity index is 1.74. The lowest BCUT2D eigenvalue weighted by Crippen LogP contribution is -2.18. The molecule has 3 aromatic rings. The van der Waals surface area contributed by atoms with Gasteiger partial charge < -0.3 is 29.2 Å². The number of aromatic nitrogens is 1. The van der Waals surface area contributed by atoms with Crippen molar-refractivity contribution in [2.75, 3.05) is 26.6 Å². The summed E-state index contributed by atoms with van der Waals surface area (Å²) in [7, 11) is 4.45. The third-order valence-electron chi connectivity index (χ3n) is 4.28. The fraction of sp³-hybridized carbons (Fsp3) is 0.182. The number of carbonyl (C=O) groups is 1. The predicted molar refractivity (Wildman–Crippen MR) is 112 cm³/mol. The van der Waals surface area contributed by atoms with Crippen LogP contribution in [0.4, 0.5) is 5.69 Å². The Morgan fingerprint density at radius 3 is 2.17 bits per heavy atom. The van der Waals surface area contributed by atoms with Crippen LogP contribution in [-0.2, 0) is 6.61 Å². The van der Waals surface area contributed by atoms with Gasteiger partial charge in [-0.25, -0.2) is 0 Å². The van der Waals surface area contributed by atoms with Crippen LogP contribution in [0.2, 0.25) is 0 Å². The van der Waals surface area contributed by atoms with Crippen LogP contribution in [0.15, 0.2) is 59.5 Å². The van der Waals surface area contributed by atoms with E-state index in [1.54, 1.807) is 12.1 Å². The molecule has 0 aliphatic rings. The number of anilines is 1. The molecular weight excluding hydrogens is 388 g/mol. The van der Waals surface area contributed by atoms with Crippen molar-refractivity contribution in [3.8, 4) is 23.0 Å². The first-order chi connectivity index (χ1) is 14.5. The van der Waals surface area contributed by atoms with E-state index in [1.807, 2.05) is 30.3 Å². The van der Waals surface area contributed by atoms with Crippen molar-refractivity contribution < 1.29 is 23.7 Å². The van der Waals surface area contributed by atoms with Crippen LogP contribution in [-0.4, -0.2) is 32.2 Å². The lowest BCUT2D eigenvalue weighted by molar-refractivity contribution is 0.102. The van der Waals surface area contributed by atoms with Crippen LogP contribution < -0.4 is 29.7 Å². The number of hydrogen-bond acceptors (Lipinski definition) is 6. The maximum atomic E-state index is 12.6. The number of aromatic amines is 1. The summed E-state index contributed by atoms with van der Waals surface area (Å²) in [6, 6.07) is 13.8. The summed E-state index contributed by atoms with van der Waals surface area (Å²) in [5.41, 5.74) is 1.03. The molecule has 30 heavy (non-hydrogen) atoms. The highest BCUT2D eigenvalue weighted by molar-refractivity contribution is 6.03. The zero-order valence-corrected chi connectivity index (χ0v) is 16.9. The average Bonchev–Trinajstić information content (AvgIpc) is 2.78. The van der Waals surface area contributed by atoms with Crippen LogP contribution in [0.1, 0.15) is 16.1 Å². The molecule has 0 unspecified atom stereocenters. The van der Waals surface area contributed by atoms with Crippen molar-refractivity contribution in [2.45, 2.75) is 6.61 Å². The van der Waals surface area contributed by atoms with Gasteiger partial charge in [-0.15, -0.1) is 0 Å². The van der Waals surface area contributed by atoms with Gasteiger partial charge in [-0.1, -0.05) is 30.3 Å². The van der Waals surface area contributed by atoms with Gasteiger partial charge in [-0.05, 0) is 5.56 Å². The van der Waals surface area contributed by atoms with E-state index in [1.165, 1.54) is 33.6 Å². The van der Waals surface area contributed by atoms with Gasteiger partial charge in [0.25, 0.3) is 5.91 Å². The summed E-state index contributed by atoms with van der Waals surface area (Å²) < 4.78 is 21.4. The lowest BCUT2D eigenvalue weighted by Gasteiger charge is -2.14. The van der Waals surface area contributed by atoms with Crippen molar-refractivity contribution in [1.29, 1.82) is 0 Å². The maximum absolute atomic E-state index is 12.6. The van der Waals surface area contributed by atoms with Gasteiger partial charge in [0.05, 0.1) is 21.3 Å². The zero-order valence-electron chi connectivity index (χ0n) is 16.9. The molecule has 1 aromatic heterocycles. The Morgan fingerprint density at radius 2 is 1.60 bits per heavy atom. The van der Waals surface area contributed by atoms with E-state index in [-0.39, 0.29) is 18.1 Å². The quantitative estimate of drug-likeness (QED) is 0.592. The maximum Gasteiger partial charge on any atom is 0.272 e. The molecule has 156 valence electrons. The van der Waals surface area contributed by atoms with Crippen LogP contribution >= 0.6 is 0 Å². The molecule has 8 nitrogen and oxygen atoms in total. The Morgan fingerprint density at radius 1 is 0.933 bits per heavy atom. The highest BCUT2D eigenvalue weighted by Gasteiger charge is 2.16. The number of rotatable bonds is 8. The largest absolute Gasteiger partial charge is 0.493 e. The summed E-state index contributed by atoms with van der Waals surface area (Å²) in [4.78, 5) is 27.7. The highest BCUT2D eigenvalue weighted by atomic mass is 16.5. The van der Waals surface area contributed by atoms with Gasteiger partial charge in [0.1, 0.15) is 12.3 Å². The minimum Gasteiger partial charge on any atom is -0.493 e. The van der Waals surface area contributed by atoms with Gasteiger partial charge in [0, 0.05) is 30.1 Å². The molecule has 0 saturated heterocycles. The molecule has 2 N–H and O–H groups in total. The number of ether oxygens (including phenoxy) is 4. The van der Waals surface area contributed by atoms with Crippen LogP contribution in [0.5, 0.6) is 23.0 Å². The fourth-order valence-corrected chi connectivity index (χ4v) is 2.79. The first-order valence-corrected chi connectivity index (χ1v) is 9.06. The third kappa shape index (κ3) is 4.72. The number of pyridine rings is 1. The summed E-state index contributed by atoms with van der Waals surface area (Å²) in [5.74, 6) is 0.820. The van der Waals surface area contributed by atoms with Gasteiger partial charge in [-0.3, -0.25) is 9.59 Å². The van der Waals surface area contributed by atoms with Gasteiger partial charge in [-0.2, -0.15) is 0 Å². The molecule has 0 bridgehead atoms. The number of amides is 1. The SMILES string of the molecule is COc1cc(NC(=O)c2cc(=O)c(OCc3ccccc3)c[nH]2)cc(OC)c1OC. The average molecular weight is 410 g/mol. The number of H-pyrrole nitrogens is 1. The number of hydrogen-bond donors (Lipinski definition) is 2. The summed E-state index contributed by atoms with van der Waals surface area (Å²) in [5, 5.41) is 2.70. The Kier molecular flexibility index (Phi) is 6.59. The van der Waals surface area contributed by atoms with Gasteiger partial charge >= 0.3 is 0 Å². The third-order valence-corrected chi connectivity index (χ3v) is 4.28. The number of carbonyl (C=O) groups excluding carboxylic acids is 1. The molecule has 3 rings (SSSR count). The summed E-state index contributed by atoms with van der Waals surface area (Å²) >= 11 is 0. The fourth-order valence-electron chi connectivity index (χ4n) is 2.79. The molecule has 1 amide bonds. The monoisotopic (exact) mass is 410 g/mol. The molecule has 0 radical (unpaired) electrons. The summed E-state index contributed by atoms with van der Waals surface area (Å²) in [6.07, 6.45) is 1.37. The second-order valence-electron chi connectivity index (χ2n) is 6.22. The number of methoxy groups -OCH3 is 3. The van der Waals surface area contributed by atoms with E-state index in [4.69, 9.17) is 18.9 Å². The topological polar surface area (TPSA) is 98.9 Å². The van der Waals surface area contributed by atoms with Gasteiger partial charge in [0.2, 0.25) is 11.2 Å².